The smallest absolute Gasteiger partial charge is 0.104 e. The van der Waals surface area contributed by atoms with Gasteiger partial charge in [0.05, 0.1) is 11.0 Å². The Balaban J connectivity index is 1.98. The van der Waals surface area contributed by atoms with Crippen molar-refractivity contribution >= 4 is 11.0 Å². The van der Waals surface area contributed by atoms with Gasteiger partial charge in [-0.05, 0) is 44.0 Å². The molecule has 2 aromatic rings. The fraction of sp³-hybridized carbons (Fsp3) is 0.500. The fourth-order valence-corrected chi connectivity index (χ4v) is 2.97. The van der Waals surface area contributed by atoms with Crippen LogP contribution in [0.3, 0.4) is 0 Å². The van der Waals surface area contributed by atoms with Gasteiger partial charge in [0, 0.05) is 11.5 Å². The molecule has 0 saturated heterocycles. The number of nitrogens with two attached hydrogens (primary N) is 2. The van der Waals surface area contributed by atoms with Crippen LogP contribution in [0.1, 0.15) is 36.7 Å². The Labute approximate surface area is 107 Å². The van der Waals surface area contributed by atoms with Crippen molar-refractivity contribution < 1.29 is 0 Å². The van der Waals surface area contributed by atoms with E-state index < -0.39 is 0 Å². The zero-order valence-corrected chi connectivity index (χ0v) is 10.7. The minimum atomic E-state index is 0.0317. The summed E-state index contributed by atoms with van der Waals surface area (Å²) in [6.07, 6.45) is 3.53. The molecule has 1 atom stereocenters. The molecule has 1 heterocycles. The summed E-state index contributed by atoms with van der Waals surface area (Å²) in [5.41, 5.74) is 15.7. The number of nitrogens with zero attached hydrogens (tertiary/aromatic N) is 1. The Bertz CT molecular complexity index is 563. The van der Waals surface area contributed by atoms with Crippen molar-refractivity contribution in [1.29, 1.82) is 0 Å². The number of hydrogen-bond acceptors (Lipinski definition) is 3. The molecule has 18 heavy (non-hydrogen) atoms. The van der Waals surface area contributed by atoms with E-state index in [0.29, 0.717) is 6.54 Å². The molecule has 0 aliphatic heterocycles. The van der Waals surface area contributed by atoms with Gasteiger partial charge in [-0.2, -0.15) is 0 Å². The van der Waals surface area contributed by atoms with Crippen LogP contribution >= 0.6 is 0 Å². The highest BCUT2D eigenvalue weighted by Crippen LogP contribution is 2.48. The Hall–Kier alpha value is -1.39. The van der Waals surface area contributed by atoms with Crippen LogP contribution in [0.5, 0.6) is 0 Å². The Morgan fingerprint density at radius 2 is 2.22 bits per heavy atom. The highest BCUT2D eigenvalue weighted by molar-refractivity contribution is 5.76. The maximum absolute atomic E-state index is 6.43. The van der Waals surface area contributed by atoms with E-state index in [0.717, 1.165) is 35.3 Å². The molecule has 0 spiro atoms. The SMILES string of the molecule is Cc1nc2ccc(C(N)C3(CN)CCC3)cc2[nH]1. The lowest BCUT2D eigenvalue weighted by Crippen LogP contribution is -2.46. The maximum atomic E-state index is 6.43. The van der Waals surface area contributed by atoms with Crippen molar-refractivity contribution in [2.24, 2.45) is 16.9 Å². The van der Waals surface area contributed by atoms with Gasteiger partial charge in [0.15, 0.2) is 0 Å². The number of aryl methyl sites for hydroxylation is 1. The lowest BCUT2D eigenvalue weighted by molar-refractivity contribution is 0.105. The quantitative estimate of drug-likeness (QED) is 0.772. The van der Waals surface area contributed by atoms with E-state index in [1.54, 1.807) is 0 Å². The summed E-state index contributed by atoms with van der Waals surface area (Å²) in [7, 11) is 0. The standard InChI is InChI=1S/C14H20N4/c1-9-17-11-4-3-10(7-12(11)18-9)13(16)14(8-15)5-2-6-14/h3-4,7,13H,2,5-6,8,15-16H2,1H3,(H,17,18). The van der Waals surface area contributed by atoms with Gasteiger partial charge in [-0.1, -0.05) is 12.5 Å². The molecule has 1 aromatic heterocycles. The van der Waals surface area contributed by atoms with Crippen molar-refractivity contribution in [3.8, 4) is 0 Å². The minimum Gasteiger partial charge on any atom is -0.342 e. The first-order valence-electron chi connectivity index (χ1n) is 6.56. The largest absolute Gasteiger partial charge is 0.342 e. The van der Waals surface area contributed by atoms with Gasteiger partial charge in [-0.3, -0.25) is 0 Å². The van der Waals surface area contributed by atoms with Crippen LogP contribution in [0, 0.1) is 12.3 Å². The highest BCUT2D eigenvalue weighted by Gasteiger charge is 2.41. The summed E-state index contributed by atoms with van der Waals surface area (Å²) in [4.78, 5) is 7.67. The summed E-state index contributed by atoms with van der Waals surface area (Å²) in [6.45, 7) is 2.64. The molecule has 1 saturated carbocycles. The number of hydrogen-bond donors (Lipinski definition) is 3. The lowest BCUT2D eigenvalue weighted by atomic mass is 9.63. The molecule has 1 fully saturated rings. The molecule has 1 aromatic carbocycles. The Morgan fingerprint density at radius 3 is 2.83 bits per heavy atom. The van der Waals surface area contributed by atoms with Crippen molar-refractivity contribution in [2.45, 2.75) is 32.2 Å². The van der Waals surface area contributed by atoms with E-state index in [-0.39, 0.29) is 11.5 Å². The predicted molar refractivity (Wildman–Crippen MR) is 73.1 cm³/mol. The van der Waals surface area contributed by atoms with Gasteiger partial charge >= 0.3 is 0 Å². The van der Waals surface area contributed by atoms with Crippen LogP contribution in [-0.4, -0.2) is 16.5 Å². The number of H-pyrrole nitrogens is 1. The first kappa shape index (κ1) is 11.7. The van der Waals surface area contributed by atoms with Gasteiger partial charge in [0.2, 0.25) is 0 Å². The molecule has 96 valence electrons. The fourth-order valence-electron chi connectivity index (χ4n) is 2.97. The van der Waals surface area contributed by atoms with E-state index in [9.17, 15) is 0 Å². The van der Waals surface area contributed by atoms with Gasteiger partial charge in [0.1, 0.15) is 5.82 Å². The second-order valence-corrected chi connectivity index (χ2v) is 5.50. The molecule has 0 bridgehead atoms. The molecular weight excluding hydrogens is 224 g/mol. The summed E-state index contributed by atoms with van der Waals surface area (Å²) < 4.78 is 0. The first-order valence-corrected chi connectivity index (χ1v) is 6.56. The third-order valence-electron chi connectivity index (χ3n) is 4.40. The molecule has 5 N–H and O–H groups in total. The second-order valence-electron chi connectivity index (χ2n) is 5.50. The van der Waals surface area contributed by atoms with E-state index in [1.807, 2.05) is 13.0 Å². The summed E-state index contributed by atoms with van der Waals surface area (Å²) in [5.74, 6) is 0.938. The zero-order valence-electron chi connectivity index (χ0n) is 10.7. The third-order valence-corrected chi connectivity index (χ3v) is 4.40. The molecule has 1 aliphatic rings. The average Bonchev–Trinajstić information content (AvgIpc) is 2.67. The Kier molecular flexibility index (Phi) is 2.64. The van der Waals surface area contributed by atoms with Crippen LogP contribution in [0.15, 0.2) is 18.2 Å². The maximum Gasteiger partial charge on any atom is 0.104 e. The number of aromatic amines is 1. The normalized spacial score (nSPS) is 19.7. The van der Waals surface area contributed by atoms with Crippen LogP contribution in [0.4, 0.5) is 0 Å². The van der Waals surface area contributed by atoms with Crippen molar-refractivity contribution in [3.63, 3.8) is 0 Å². The number of rotatable bonds is 3. The molecular formula is C14H20N4. The molecule has 1 unspecified atom stereocenters. The monoisotopic (exact) mass is 244 g/mol. The number of benzene rings is 1. The summed E-state index contributed by atoms with van der Waals surface area (Å²) >= 11 is 0. The molecule has 0 amide bonds. The number of fused-ring (bicyclic) bond motifs is 1. The summed E-state index contributed by atoms with van der Waals surface area (Å²) in [6, 6.07) is 6.28. The summed E-state index contributed by atoms with van der Waals surface area (Å²) in [5, 5.41) is 0. The average molecular weight is 244 g/mol. The molecule has 0 radical (unpaired) electrons. The van der Waals surface area contributed by atoms with Crippen molar-refractivity contribution in [1.82, 2.24) is 9.97 Å². The Morgan fingerprint density at radius 1 is 1.44 bits per heavy atom. The van der Waals surface area contributed by atoms with Gasteiger partial charge in [-0.15, -0.1) is 0 Å². The third kappa shape index (κ3) is 1.64. The van der Waals surface area contributed by atoms with Crippen molar-refractivity contribution in [2.75, 3.05) is 6.54 Å². The van der Waals surface area contributed by atoms with Crippen LogP contribution in [0.25, 0.3) is 11.0 Å². The molecule has 1 aliphatic carbocycles. The van der Waals surface area contributed by atoms with Gasteiger partial charge < -0.3 is 16.5 Å². The van der Waals surface area contributed by atoms with Gasteiger partial charge in [0.25, 0.3) is 0 Å². The molecule has 4 heteroatoms. The van der Waals surface area contributed by atoms with E-state index in [4.69, 9.17) is 11.5 Å². The number of nitrogens with one attached hydrogen (secondary N) is 1. The van der Waals surface area contributed by atoms with Crippen LogP contribution < -0.4 is 11.5 Å². The second kappa shape index (κ2) is 4.07. The zero-order chi connectivity index (χ0) is 12.8. The lowest BCUT2D eigenvalue weighted by Gasteiger charge is -2.45. The molecule has 3 rings (SSSR count). The van der Waals surface area contributed by atoms with Crippen LogP contribution in [-0.2, 0) is 0 Å². The minimum absolute atomic E-state index is 0.0317. The molecule has 4 nitrogen and oxygen atoms in total. The van der Waals surface area contributed by atoms with E-state index in [1.165, 1.54) is 6.42 Å². The van der Waals surface area contributed by atoms with Gasteiger partial charge in [-0.25, -0.2) is 4.98 Å². The van der Waals surface area contributed by atoms with Crippen molar-refractivity contribution in [3.05, 3.63) is 29.6 Å². The highest BCUT2D eigenvalue weighted by atomic mass is 14.9. The topological polar surface area (TPSA) is 80.7 Å². The van der Waals surface area contributed by atoms with E-state index >= 15 is 0 Å². The number of aromatic nitrogens is 2. The van der Waals surface area contributed by atoms with Crippen LogP contribution in [0.2, 0.25) is 0 Å². The predicted octanol–water partition coefficient (Wildman–Crippen LogP) is 2.00. The number of imidazole rings is 1. The van der Waals surface area contributed by atoms with E-state index in [2.05, 4.69) is 22.1 Å². The first-order chi connectivity index (χ1) is 8.64.